The number of hydrogen-bond acceptors (Lipinski definition) is 5. The number of allylic oxidation sites excluding steroid dienone is 4. The number of rotatable bonds is 6. The van der Waals surface area contributed by atoms with Gasteiger partial charge >= 0.3 is 0 Å². The van der Waals surface area contributed by atoms with Crippen LogP contribution >= 0.6 is 11.3 Å². The van der Waals surface area contributed by atoms with Crippen LogP contribution in [0, 0.1) is 6.92 Å². The van der Waals surface area contributed by atoms with Crippen LogP contribution in [0.15, 0.2) is 40.7 Å². The lowest BCUT2D eigenvalue weighted by Gasteiger charge is -2.38. The molecule has 0 saturated heterocycles. The molecule has 3 heterocycles. The Balaban J connectivity index is 1.76. The number of thiazole rings is 1. The van der Waals surface area contributed by atoms with Crippen molar-refractivity contribution in [1.82, 2.24) is 19.8 Å². The van der Waals surface area contributed by atoms with E-state index in [1.807, 2.05) is 20.8 Å². The number of aromatic nitrogens is 2. The number of fused-ring (bicyclic) bond motifs is 1. The van der Waals surface area contributed by atoms with Crippen LogP contribution in [0.25, 0.3) is 10.6 Å². The van der Waals surface area contributed by atoms with Gasteiger partial charge in [-0.05, 0) is 39.3 Å². The van der Waals surface area contributed by atoms with E-state index in [-0.39, 0.29) is 59.5 Å². The molecule has 2 aromatic rings. The van der Waals surface area contributed by atoms with Crippen molar-refractivity contribution in [3.63, 3.8) is 0 Å². The first-order valence-electron chi connectivity index (χ1n) is 11.6. The lowest BCUT2D eigenvalue weighted by molar-refractivity contribution is -0.125. The molecular weight excluding hydrogens is 474 g/mol. The number of nitrogens with zero attached hydrogens (tertiary/aromatic N) is 3. The molecule has 2 aromatic heterocycles. The highest BCUT2D eigenvalue weighted by Crippen LogP contribution is 2.32. The Hall–Kier alpha value is -3.14. The van der Waals surface area contributed by atoms with Crippen molar-refractivity contribution in [2.45, 2.75) is 58.8 Å². The van der Waals surface area contributed by atoms with E-state index >= 15 is 0 Å². The largest absolute Gasteiger partial charge is 0.355 e. The Morgan fingerprint density at radius 2 is 2.06 bits per heavy atom. The minimum absolute atomic E-state index is 0.138. The Bertz CT molecular complexity index is 1290. The molecule has 2 unspecified atom stereocenters. The van der Waals surface area contributed by atoms with Gasteiger partial charge in [0.25, 0.3) is 5.91 Å². The molecule has 4 rings (SSSR count). The van der Waals surface area contributed by atoms with Gasteiger partial charge in [-0.2, -0.15) is 0 Å². The second kappa shape index (κ2) is 9.85. The third-order valence-corrected chi connectivity index (χ3v) is 7.36. The molecule has 0 bridgehead atoms. The average Bonchev–Trinajstić information content (AvgIpc) is 3.26. The number of halogens is 2. The maximum atomic E-state index is 14.2. The second-order valence-electron chi connectivity index (χ2n) is 9.05. The van der Waals surface area contributed by atoms with E-state index in [1.165, 1.54) is 23.5 Å². The summed E-state index contributed by atoms with van der Waals surface area (Å²) in [5, 5.41) is 3.24. The highest BCUT2D eigenvalue weighted by atomic mass is 32.1. The quantitative estimate of drug-likeness (QED) is 0.650. The normalized spacial score (nSPS) is 20.0. The highest BCUT2D eigenvalue weighted by molar-refractivity contribution is 7.15. The lowest BCUT2D eigenvalue weighted by atomic mass is 9.99. The summed E-state index contributed by atoms with van der Waals surface area (Å²) in [5.74, 6) is -1.02. The summed E-state index contributed by atoms with van der Waals surface area (Å²) in [4.78, 5) is 46.2. The first-order chi connectivity index (χ1) is 16.6. The van der Waals surface area contributed by atoms with E-state index in [1.54, 1.807) is 28.8 Å². The number of alkyl halides is 1. The summed E-state index contributed by atoms with van der Waals surface area (Å²) in [6, 6.07) is -0.829. The Morgan fingerprint density at radius 3 is 2.71 bits per heavy atom. The van der Waals surface area contributed by atoms with Crippen LogP contribution in [0.1, 0.15) is 54.2 Å². The molecule has 0 fully saturated rings. The van der Waals surface area contributed by atoms with E-state index in [9.17, 15) is 23.2 Å². The summed E-state index contributed by atoms with van der Waals surface area (Å²) in [7, 11) is 0. The van der Waals surface area contributed by atoms with Gasteiger partial charge in [0.1, 0.15) is 28.7 Å². The molecule has 1 N–H and O–H groups in total. The number of carbonyl (C=O) groups is 2. The first-order valence-corrected chi connectivity index (χ1v) is 12.4. The summed E-state index contributed by atoms with van der Waals surface area (Å²) >= 11 is 1.24. The zero-order valence-corrected chi connectivity index (χ0v) is 20.9. The SMILES string of the molecule is CCNC(=O)C1CN(C(C)C)C(=O)c2c(C)c(=O)c(-c3ncc(CC4=CC=C(F)CC4F)s3)cn21. The predicted molar refractivity (Wildman–Crippen MR) is 131 cm³/mol. The van der Waals surface area contributed by atoms with E-state index in [0.717, 1.165) is 4.88 Å². The number of hydrogen-bond donors (Lipinski definition) is 1. The van der Waals surface area contributed by atoms with Gasteiger partial charge in [-0.15, -0.1) is 11.3 Å². The van der Waals surface area contributed by atoms with Crippen LogP contribution in [0.4, 0.5) is 8.78 Å². The molecular formula is C25H28F2N4O3S. The van der Waals surface area contributed by atoms with E-state index in [4.69, 9.17) is 0 Å². The summed E-state index contributed by atoms with van der Waals surface area (Å²) in [5.41, 5.74) is 0.853. The zero-order chi connectivity index (χ0) is 25.4. The standard InChI is InChI=1S/C25H28F2N4O3S/c1-5-28-23(33)20-12-30(13(2)3)25(34)21-14(4)22(32)18(11-31(20)21)24-29-10-17(35-24)8-15-6-7-16(26)9-19(15)27/h6-7,10-11,13,19-20H,5,8-9,12H2,1-4H3,(H,28,33). The van der Waals surface area contributed by atoms with Crippen LogP contribution in [-0.4, -0.2) is 51.6 Å². The van der Waals surface area contributed by atoms with Crippen LogP contribution in [0.3, 0.4) is 0 Å². The minimum atomic E-state index is -1.39. The monoisotopic (exact) mass is 502 g/mol. The molecule has 10 heteroatoms. The molecule has 2 amide bonds. The van der Waals surface area contributed by atoms with Gasteiger partial charge in [-0.3, -0.25) is 14.4 Å². The van der Waals surface area contributed by atoms with Crippen molar-refractivity contribution in [2.75, 3.05) is 13.1 Å². The van der Waals surface area contributed by atoms with Crippen molar-refractivity contribution in [1.29, 1.82) is 0 Å². The van der Waals surface area contributed by atoms with Gasteiger partial charge in [0.2, 0.25) is 5.91 Å². The minimum Gasteiger partial charge on any atom is -0.355 e. The molecule has 0 spiro atoms. The van der Waals surface area contributed by atoms with E-state index in [2.05, 4.69) is 10.3 Å². The summed E-state index contributed by atoms with van der Waals surface area (Å²) < 4.78 is 29.1. The van der Waals surface area contributed by atoms with Gasteiger partial charge in [-0.1, -0.05) is 6.08 Å². The average molecular weight is 503 g/mol. The highest BCUT2D eigenvalue weighted by Gasteiger charge is 2.38. The molecule has 0 saturated carbocycles. The van der Waals surface area contributed by atoms with Crippen LogP contribution < -0.4 is 10.7 Å². The molecule has 1 aliphatic heterocycles. The Morgan fingerprint density at radius 1 is 1.31 bits per heavy atom. The molecule has 35 heavy (non-hydrogen) atoms. The van der Waals surface area contributed by atoms with Crippen molar-refractivity contribution in [3.8, 4) is 10.6 Å². The van der Waals surface area contributed by atoms with E-state index in [0.29, 0.717) is 17.1 Å². The van der Waals surface area contributed by atoms with Gasteiger partial charge < -0.3 is 14.8 Å². The van der Waals surface area contributed by atoms with Crippen LogP contribution in [0.5, 0.6) is 0 Å². The van der Waals surface area contributed by atoms with Crippen molar-refractivity contribution in [2.24, 2.45) is 0 Å². The fourth-order valence-electron chi connectivity index (χ4n) is 4.43. The lowest BCUT2D eigenvalue weighted by Crippen LogP contribution is -2.52. The third-order valence-electron chi connectivity index (χ3n) is 6.33. The fraction of sp³-hybridized carbons (Fsp3) is 0.440. The van der Waals surface area contributed by atoms with Gasteiger partial charge in [0.05, 0.1) is 12.1 Å². The number of likely N-dealkylation sites (N-methyl/N-ethyl adjacent to an activating group) is 1. The van der Waals surface area contributed by atoms with E-state index < -0.39 is 18.0 Å². The van der Waals surface area contributed by atoms with Crippen LogP contribution in [0.2, 0.25) is 0 Å². The maximum absolute atomic E-state index is 14.2. The van der Waals surface area contributed by atoms with Crippen LogP contribution in [-0.2, 0) is 11.2 Å². The summed E-state index contributed by atoms with van der Waals surface area (Å²) in [6.45, 7) is 7.78. The molecule has 1 aliphatic carbocycles. The number of carbonyl (C=O) groups excluding carboxylic acids is 2. The maximum Gasteiger partial charge on any atom is 0.271 e. The zero-order valence-electron chi connectivity index (χ0n) is 20.1. The summed E-state index contributed by atoms with van der Waals surface area (Å²) in [6.07, 6.45) is 4.43. The predicted octanol–water partition coefficient (Wildman–Crippen LogP) is 3.89. The first kappa shape index (κ1) is 25.0. The van der Waals surface area contributed by atoms with Crippen molar-refractivity contribution >= 4 is 23.2 Å². The topological polar surface area (TPSA) is 84.3 Å². The van der Waals surface area contributed by atoms with Crippen molar-refractivity contribution in [3.05, 3.63) is 62.3 Å². The molecule has 7 nitrogen and oxygen atoms in total. The molecule has 0 radical (unpaired) electrons. The van der Waals surface area contributed by atoms with Gasteiger partial charge in [0.15, 0.2) is 5.43 Å². The number of nitrogens with one attached hydrogen (secondary N) is 1. The Kier molecular flexibility index (Phi) is 7.02. The Labute approximate surface area is 206 Å². The van der Waals surface area contributed by atoms with Crippen molar-refractivity contribution < 1.29 is 18.4 Å². The second-order valence-corrected chi connectivity index (χ2v) is 10.2. The molecule has 2 aliphatic rings. The molecule has 186 valence electrons. The van der Waals surface area contributed by atoms with Gasteiger partial charge in [0, 0.05) is 48.3 Å². The third kappa shape index (κ3) is 4.71. The number of pyridine rings is 1. The molecule has 2 atom stereocenters. The number of amides is 2. The smallest absolute Gasteiger partial charge is 0.271 e. The molecule has 0 aromatic carbocycles. The van der Waals surface area contributed by atoms with Gasteiger partial charge in [-0.25, -0.2) is 13.8 Å². The fourth-order valence-corrected chi connectivity index (χ4v) is 5.38.